The summed E-state index contributed by atoms with van der Waals surface area (Å²) in [5, 5.41) is 0. The van der Waals surface area contributed by atoms with Crippen molar-refractivity contribution in [1.29, 1.82) is 0 Å². The molecule has 23 heavy (non-hydrogen) atoms. The third-order valence-electron chi connectivity index (χ3n) is 4.19. The molecule has 1 aliphatic carbocycles. The van der Waals surface area contributed by atoms with E-state index in [1.54, 1.807) is 0 Å². The molecule has 2 N–H and O–H groups in total. The van der Waals surface area contributed by atoms with E-state index in [1.165, 1.54) is 4.90 Å². The average molecular weight is 318 g/mol. The van der Waals surface area contributed by atoms with Gasteiger partial charge in [-0.25, -0.2) is 0 Å². The normalized spacial score (nSPS) is 16.5. The molecule has 1 atom stereocenters. The molecule has 0 radical (unpaired) electrons. The molecule has 0 bridgehead atoms. The van der Waals surface area contributed by atoms with E-state index in [1.807, 2.05) is 44.2 Å². The van der Waals surface area contributed by atoms with Crippen molar-refractivity contribution in [1.82, 2.24) is 4.90 Å². The van der Waals surface area contributed by atoms with Gasteiger partial charge in [0.2, 0.25) is 5.91 Å². The lowest BCUT2D eigenvalue weighted by Crippen LogP contribution is -2.45. The fraction of sp³-hybridized carbons (Fsp3) is 0.556. The van der Waals surface area contributed by atoms with E-state index in [4.69, 9.17) is 10.5 Å². The first-order valence-electron chi connectivity index (χ1n) is 8.28. The lowest BCUT2D eigenvalue weighted by Gasteiger charge is -2.31. The van der Waals surface area contributed by atoms with Gasteiger partial charge in [0.05, 0.1) is 12.6 Å². The lowest BCUT2D eigenvalue weighted by atomic mass is 10.1. The predicted molar refractivity (Wildman–Crippen MR) is 88.6 cm³/mol. The Kier molecular flexibility index (Phi) is 6.16. The topological polar surface area (TPSA) is 72.6 Å². The summed E-state index contributed by atoms with van der Waals surface area (Å²) in [7, 11) is 0. The molecule has 0 spiro atoms. The van der Waals surface area contributed by atoms with Gasteiger partial charge in [0.15, 0.2) is 6.10 Å². The summed E-state index contributed by atoms with van der Waals surface area (Å²) in [6, 6.07) is 9.35. The van der Waals surface area contributed by atoms with Crippen LogP contribution in [0.5, 0.6) is 0 Å². The van der Waals surface area contributed by atoms with Gasteiger partial charge in [-0.05, 0) is 32.3 Å². The molecule has 1 fully saturated rings. The number of carbonyl (C=O) groups excluding carboxylic acids is 2. The maximum atomic E-state index is 13.0. The van der Waals surface area contributed by atoms with Gasteiger partial charge in [0.1, 0.15) is 0 Å². The van der Waals surface area contributed by atoms with Crippen LogP contribution >= 0.6 is 0 Å². The number of rotatable bonds is 7. The van der Waals surface area contributed by atoms with Crippen LogP contribution < -0.4 is 5.73 Å². The van der Waals surface area contributed by atoms with Gasteiger partial charge >= 0.3 is 0 Å². The minimum absolute atomic E-state index is 0.0894. The Hall–Kier alpha value is -1.88. The second kappa shape index (κ2) is 8.11. The van der Waals surface area contributed by atoms with Crippen LogP contribution in [0.1, 0.15) is 51.2 Å². The minimum atomic E-state index is -0.680. The molecule has 2 amide bonds. The standard InChI is InChI=1S/C18H26N2O3/c1-13(2)20(12-16(19)21)18(22)17(14-8-4-3-5-9-14)23-15-10-6-7-11-15/h3-5,8-9,13,15,17H,6-7,10-12H2,1-2H3,(H2,19,21). The fourth-order valence-electron chi connectivity index (χ4n) is 2.96. The zero-order chi connectivity index (χ0) is 16.8. The van der Waals surface area contributed by atoms with E-state index in [0.29, 0.717) is 0 Å². The van der Waals surface area contributed by atoms with Crippen molar-refractivity contribution in [3.8, 4) is 0 Å². The summed E-state index contributed by atoms with van der Waals surface area (Å²) in [5.74, 6) is -0.711. The summed E-state index contributed by atoms with van der Waals surface area (Å²) in [6.07, 6.45) is 3.65. The molecule has 5 nitrogen and oxygen atoms in total. The molecular formula is C18H26N2O3. The SMILES string of the molecule is CC(C)N(CC(N)=O)C(=O)C(OC1CCCC1)c1ccccc1. The average Bonchev–Trinajstić information content (AvgIpc) is 3.03. The van der Waals surface area contributed by atoms with Gasteiger partial charge in [-0.3, -0.25) is 9.59 Å². The van der Waals surface area contributed by atoms with Gasteiger partial charge in [0, 0.05) is 6.04 Å². The molecule has 1 aliphatic rings. The van der Waals surface area contributed by atoms with Gasteiger partial charge in [-0.1, -0.05) is 43.2 Å². The van der Waals surface area contributed by atoms with Crippen LogP contribution in [0.4, 0.5) is 0 Å². The molecule has 0 saturated heterocycles. The lowest BCUT2D eigenvalue weighted by molar-refractivity contribution is -0.151. The maximum Gasteiger partial charge on any atom is 0.257 e. The fourth-order valence-corrected chi connectivity index (χ4v) is 2.96. The van der Waals surface area contributed by atoms with E-state index in [0.717, 1.165) is 31.2 Å². The first-order valence-corrected chi connectivity index (χ1v) is 8.28. The molecule has 2 rings (SSSR count). The van der Waals surface area contributed by atoms with Crippen LogP contribution in [0.2, 0.25) is 0 Å². The number of nitrogens with zero attached hydrogens (tertiary/aromatic N) is 1. The Labute approximate surface area is 137 Å². The van der Waals surface area contributed by atoms with Gasteiger partial charge in [-0.2, -0.15) is 0 Å². The highest BCUT2D eigenvalue weighted by Crippen LogP contribution is 2.29. The molecular weight excluding hydrogens is 292 g/mol. The largest absolute Gasteiger partial charge is 0.368 e. The highest BCUT2D eigenvalue weighted by molar-refractivity contribution is 5.87. The highest BCUT2D eigenvalue weighted by atomic mass is 16.5. The van der Waals surface area contributed by atoms with Crippen LogP contribution in [0, 0.1) is 0 Å². The maximum absolute atomic E-state index is 13.0. The van der Waals surface area contributed by atoms with E-state index in [9.17, 15) is 9.59 Å². The monoisotopic (exact) mass is 318 g/mol. The number of hydrogen-bond acceptors (Lipinski definition) is 3. The number of ether oxygens (including phenoxy) is 1. The molecule has 1 saturated carbocycles. The first-order chi connectivity index (χ1) is 11.0. The van der Waals surface area contributed by atoms with Gasteiger partial charge in [0.25, 0.3) is 5.91 Å². The zero-order valence-electron chi connectivity index (χ0n) is 13.9. The quantitative estimate of drug-likeness (QED) is 0.839. The van der Waals surface area contributed by atoms with E-state index in [2.05, 4.69) is 0 Å². The molecule has 0 heterocycles. The summed E-state index contributed by atoms with van der Waals surface area (Å²) in [4.78, 5) is 25.8. The number of carbonyl (C=O) groups is 2. The molecule has 5 heteroatoms. The predicted octanol–water partition coefficient (Wildman–Crippen LogP) is 2.41. The summed E-state index contributed by atoms with van der Waals surface area (Å²) in [5.41, 5.74) is 6.12. The van der Waals surface area contributed by atoms with Crippen molar-refractivity contribution >= 4 is 11.8 Å². The molecule has 0 aromatic heterocycles. The van der Waals surface area contributed by atoms with Crippen LogP contribution in [0.15, 0.2) is 30.3 Å². The third-order valence-corrected chi connectivity index (χ3v) is 4.19. The highest BCUT2D eigenvalue weighted by Gasteiger charge is 2.32. The second-order valence-corrected chi connectivity index (χ2v) is 6.36. The number of benzene rings is 1. The Morgan fingerprint density at radius 2 is 1.83 bits per heavy atom. The first kappa shape index (κ1) is 17.5. The van der Waals surface area contributed by atoms with Crippen LogP contribution in [-0.2, 0) is 14.3 Å². The smallest absolute Gasteiger partial charge is 0.257 e. The number of primary amides is 1. The number of nitrogens with two attached hydrogens (primary N) is 1. The van der Waals surface area contributed by atoms with E-state index in [-0.39, 0.29) is 24.6 Å². The molecule has 1 aromatic carbocycles. The third kappa shape index (κ3) is 4.79. The van der Waals surface area contributed by atoms with Crippen molar-refractivity contribution < 1.29 is 14.3 Å². The van der Waals surface area contributed by atoms with Crippen molar-refractivity contribution in [2.75, 3.05) is 6.54 Å². The molecule has 1 unspecified atom stereocenters. The number of hydrogen-bond donors (Lipinski definition) is 1. The van der Waals surface area contributed by atoms with Crippen molar-refractivity contribution in [2.24, 2.45) is 5.73 Å². The van der Waals surface area contributed by atoms with Gasteiger partial charge in [-0.15, -0.1) is 0 Å². The minimum Gasteiger partial charge on any atom is -0.368 e. The summed E-state index contributed by atoms with van der Waals surface area (Å²) in [6.45, 7) is 3.66. The number of amides is 2. The van der Waals surface area contributed by atoms with E-state index >= 15 is 0 Å². The summed E-state index contributed by atoms with van der Waals surface area (Å²) < 4.78 is 6.13. The second-order valence-electron chi connectivity index (χ2n) is 6.36. The van der Waals surface area contributed by atoms with Gasteiger partial charge < -0.3 is 15.4 Å². The summed E-state index contributed by atoms with van der Waals surface area (Å²) >= 11 is 0. The Balaban J connectivity index is 2.23. The van der Waals surface area contributed by atoms with Crippen LogP contribution in [-0.4, -0.2) is 35.4 Å². The van der Waals surface area contributed by atoms with Crippen molar-refractivity contribution in [3.63, 3.8) is 0 Å². The van der Waals surface area contributed by atoms with Crippen molar-refractivity contribution in [2.45, 2.75) is 57.8 Å². The Bertz CT molecular complexity index is 524. The molecule has 126 valence electrons. The molecule has 1 aromatic rings. The molecule has 0 aliphatic heterocycles. The van der Waals surface area contributed by atoms with Crippen molar-refractivity contribution in [3.05, 3.63) is 35.9 Å². The van der Waals surface area contributed by atoms with Crippen LogP contribution in [0.25, 0.3) is 0 Å². The van der Waals surface area contributed by atoms with E-state index < -0.39 is 12.0 Å². The Morgan fingerprint density at radius 3 is 2.35 bits per heavy atom. The Morgan fingerprint density at radius 1 is 1.22 bits per heavy atom. The van der Waals surface area contributed by atoms with Crippen LogP contribution in [0.3, 0.4) is 0 Å². The zero-order valence-corrected chi connectivity index (χ0v) is 13.9.